The molecule has 3 N–H and O–H groups in total. The summed E-state index contributed by atoms with van der Waals surface area (Å²) in [6.07, 6.45) is 0.764. The van der Waals surface area contributed by atoms with Gasteiger partial charge in [0, 0.05) is 50.1 Å². The number of carbonyl (C=O) groups excluding carboxylic acids is 2. The highest BCUT2D eigenvalue weighted by atomic mass is 16.3. The molecule has 162 valence electrons. The van der Waals surface area contributed by atoms with Gasteiger partial charge in [0.25, 0.3) is 11.8 Å². The average Bonchev–Trinajstić information content (AvgIpc) is 2.75. The molecule has 8 nitrogen and oxygen atoms in total. The zero-order chi connectivity index (χ0) is 21.3. The second-order valence-corrected chi connectivity index (χ2v) is 8.42. The van der Waals surface area contributed by atoms with E-state index in [4.69, 9.17) is 0 Å². The Bertz CT molecular complexity index is 830. The first-order valence-electron chi connectivity index (χ1n) is 10.8. The van der Waals surface area contributed by atoms with Gasteiger partial charge in [0.1, 0.15) is 11.3 Å². The van der Waals surface area contributed by atoms with Gasteiger partial charge in [0.2, 0.25) is 0 Å². The number of hydrogen-bond donors (Lipinski definition) is 3. The first-order chi connectivity index (χ1) is 14.5. The van der Waals surface area contributed by atoms with Crippen LogP contribution in [0.15, 0.2) is 35.6 Å². The average molecular weight is 414 g/mol. The Morgan fingerprint density at radius 2 is 1.87 bits per heavy atom. The van der Waals surface area contributed by atoms with Gasteiger partial charge in [0.15, 0.2) is 0 Å². The minimum Gasteiger partial charge on any atom is -0.511 e. The SMILES string of the molecule is CCN1CCN(c2ccc(NC(=O)C3=C(O)C4CN(C)CCC4NC3=O)cc2)CC1. The zero-order valence-corrected chi connectivity index (χ0v) is 17.7. The van der Waals surface area contributed by atoms with Crippen LogP contribution in [0.3, 0.4) is 0 Å². The van der Waals surface area contributed by atoms with E-state index in [2.05, 4.69) is 32.3 Å². The molecule has 0 spiro atoms. The van der Waals surface area contributed by atoms with Crippen molar-refractivity contribution >= 4 is 23.2 Å². The number of aliphatic hydroxyl groups is 1. The standard InChI is InChI=1S/C22H31N5O3/c1-3-26-10-12-27(13-11-26)16-6-4-15(5-7-16)23-21(29)19-20(28)17-14-25(2)9-8-18(17)24-22(19)30/h4-7,17-18,28H,3,8-14H2,1-2H3,(H,23,29)(H,24,30). The molecule has 0 aromatic heterocycles. The van der Waals surface area contributed by atoms with Gasteiger partial charge in [-0.25, -0.2) is 0 Å². The Labute approximate surface area is 177 Å². The van der Waals surface area contributed by atoms with Gasteiger partial charge in [0.05, 0.1) is 5.92 Å². The van der Waals surface area contributed by atoms with Crippen LogP contribution in [0.5, 0.6) is 0 Å². The van der Waals surface area contributed by atoms with E-state index in [1.165, 1.54) is 0 Å². The Kier molecular flexibility index (Phi) is 5.97. The summed E-state index contributed by atoms with van der Waals surface area (Å²) in [6, 6.07) is 7.54. The zero-order valence-electron chi connectivity index (χ0n) is 17.7. The summed E-state index contributed by atoms with van der Waals surface area (Å²) in [7, 11) is 1.98. The fourth-order valence-electron chi connectivity index (χ4n) is 4.60. The van der Waals surface area contributed by atoms with E-state index in [1.54, 1.807) is 0 Å². The lowest BCUT2D eigenvalue weighted by Gasteiger charge is -2.39. The second-order valence-electron chi connectivity index (χ2n) is 8.42. The van der Waals surface area contributed by atoms with Crippen molar-refractivity contribution in [3.8, 4) is 0 Å². The van der Waals surface area contributed by atoms with E-state index in [1.807, 2.05) is 31.3 Å². The topological polar surface area (TPSA) is 88.2 Å². The lowest BCUT2D eigenvalue weighted by molar-refractivity contribution is -0.124. The van der Waals surface area contributed by atoms with Crippen LogP contribution in [0.25, 0.3) is 0 Å². The molecule has 3 heterocycles. The predicted octanol–water partition coefficient (Wildman–Crippen LogP) is 1.03. The van der Waals surface area contributed by atoms with Gasteiger partial charge in [-0.05, 0) is 50.8 Å². The van der Waals surface area contributed by atoms with Crippen LogP contribution < -0.4 is 15.5 Å². The van der Waals surface area contributed by atoms with Crippen LogP contribution in [-0.2, 0) is 9.59 Å². The number of aliphatic hydroxyl groups excluding tert-OH is 1. The lowest BCUT2D eigenvalue weighted by Crippen LogP contribution is -2.55. The van der Waals surface area contributed by atoms with E-state index in [0.717, 1.165) is 51.4 Å². The summed E-state index contributed by atoms with van der Waals surface area (Å²) in [5.74, 6) is -1.41. The number of amides is 2. The molecule has 30 heavy (non-hydrogen) atoms. The van der Waals surface area contributed by atoms with Crippen molar-refractivity contribution in [2.24, 2.45) is 5.92 Å². The third-order valence-corrected chi connectivity index (χ3v) is 6.50. The molecule has 2 amide bonds. The van der Waals surface area contributed by atoms with Crippen LogP contribution >= 0.6 is 0 Å². The molecular weight excluding hydrogens is 382 g/mol. The number of anilines is 2. The van der Waals surface area contributed by atoms with Crippen molar-refractivity contribution in [3.05, 3.63) is 35.6 Å². The van der Waals surface area contributed by atoms with Gasteiger partial charge in [-0.3, -0.25) is 9.59 Å². The van der Waals surface area contributed by atoms with Crippen molar-refractivity contribution in [2.45, 2.75) is 19.4 Å². The van der Waals surface area contributed by atoms with Crippen LogP contribution in [0.4, 0.5) is 11.4 Å². The molecule has 2 fully saturated rings. The highest BCUT2D eigenvalue weighted by Gasteiger charge is 2.41. The molecule has 3 aliphatic heterocycles. The number of benzene rings is 1. The summed E-state index contributed by atoms with van der Waals surface area (Å²) < 4.78 is 0. The van der Waals surface area contributed by atoms with Crippen molar-refractivity contribution in [2.75, 3.05) is 63.1 Å². The first-order valence-corrected chi connectivity index (χ1v) is 10.8. The molecule has 8 heteroatoms. The number of nitrogens with one attached hydrogen (secondary N) is 2. The maximum Gasteiger partial charge on any atom is 0.264 e. The van der Waals surface area contributed by atoms with Gasteiger partial charge in [-0.15, -0.1) is 0 Å². The largest absolute Gasteiger partial charge is 0.511 e. The minimum absolute atomic E-state index is 0.0989. The smallest absolute Gasteiger partial charge is 0.264 e. The van der Waals surface area contributed by atoms with Crippen molar-refractivity contribution in [3.63, 3.8) is 0 Å². The van der Waals surface area contributed by atoms with Crippen LogP contribution in [0.1, 0.15) is 13.3 Å². The Balaban J connectivity index is 1.43. The minimum atomic E-state index is -0.569. The molecule has 4 rings (SSSR count). The third-order valence-electron chi connectivity index (χ3n) is 6.50. The third kappa shape index (κ3) is 4.15. The predicted molar refractivity (Wildman–Crippen MR) is 117 cm³/mol. The molecule has 0 bridgehead atoms. The maximum absolute atomic E-state index is 12.8. The molecule has 1 aromatic carbocycles. The van der Waals surface area contributed by atoms with E-state index in [0.29, 0.717) is 12.2 Å². The van der Waals surface area contributed by atoms with E-state index in [-0.39, 0.29) is 23.3 Å². The van der Waals surface area contributed by atoms with Gasteiger partial charge < -0.3 is 30.4 Å². The van der Waals surface area contributed by atoms with Crippen molar-refractivity contribution in [1.29, 1.82) is 0 Å². The summed E-state index contributed by atoms with van der Waals surface area (Å²) in [5, 5.41) is 16.3. The quantitative estimate of drug-likeness (QED) is 0.639. The molecule has 1 aromatic rings. The van der Waals surface area contributed by atoms with Gasteiger partial charge >= 0.3 is 0 Å². The summed E-state index contributed by atoms with van der Waals surface area (Å²) in [5.41, 5.74) is 1.55. The summed E-state index contributed by atoms with van der Waals surface area (Å²) in [6.45, 7) is 8.80. The van der Waals surface area contributed by atoms with Crippen molar-refractivity contribution in [1.82, 2.24) is 15.1 Å². The van der Waals surface area contributed by atoms with Gasteiger partial charge in [-0.2, -0.15) is 0 Å². The molecule has 2 unspecified atom stereocenters. The summed E-state index contributed by atoms with van der Waals surface area (Å²) >= 11 is 0. The lowest BCUT2D eigenvalue weighted by atomic mass is 9.85. The normalized spacial score (nSPS) is 25.7. The number of hydrogen-bond acceptors (Lipinski definition) is 6. The number of rotatable bonds is 4. The molecular formula is C22H31N5O3. The monoisotopic (exact) mass is 413 g/mol. The highest BCUT2D eigenvalue weighted by molar-refractivity contribution is 6.23. The number of nitrogens with zero attached hydrogens (tertiary/aromatic N) is 3. The second kappa shape index (κ2) is 8.65. The number of fused-ring (bicyclic) bond motifs is 1. The molecule has 2 saturated heterocycles. The Morgan fingerprint density at radius 1 is 1.17 bits per heavy atom. The van der Waals surface area contributed by atoms with Crippen LogP contribution in [-0.4, -0.2) is 85.6 Å². The summed E-state index contributed by atoms with van der Waals surface area (Å²) in [4.78, 5) is 32.1. The maximum atomic E-state index is 12.8. The number of likely N-dealkylation sites (N-methyl/N-ethyl adjacent to an activating group) is 1. The molecule has 0 saturated carbocycles. The van der Waals surface area contributed by atoms with Crippen LogP contribution in [0.2, 0.25) is 0 Å². The van der Waals surface area contributed by atoms with E-state index < -0.39 is 11.8 Å². The fourth-order valence-corrected chi connectivity index (χ4v) is 4.60. The molecule has 3 aliphatic rings. The molecule has 0 radical (unpaired) electrons. The number of piperazine rings is 1. The highest BCUT2D eigenvalue weighted by Crippen LogP contribution is 2.29. The first kappa shape index (κ1) is 20.7. The van der Waals surface area contributed by atoms with Gasteiger partial charge in [-0.1, -0.05) is 6.92 Å². The van der Waals surface area contributed by atoms with Crippen LogP contribution in [0, 0.1) is 5.92 Å². The fraction of sp³-hybridized carbons (Fsp3) is 0.545. The Morgan fingerprint density at radius 3 is 2.53 bits per heavy atom. The number of likely N-dealkylation sites (tertiary alicyclic amines) is 1. The number of piperidine rings is 1. The van der Waals surface area contributed by atoms with E-state index in [9.17, 15) is 14.7 Å². The number of carbonyl (C=O) groups is 2. The molecule has 0 aliphatic carbocycles. The Hall–Kier alpha value is -2.58. The molecule has 2 atom stereocenters. The van der Waals surface area contributed by atoms with E-state index >= 15 is 0 Å². The van der Waals surface area contributed by atoms with Crippen molar-refractivity contribution < 1.29 is 14.7 Å².